The summed E-state index contributed by atoms with van der Waals surface area (Å²) in [5, 5.41) is 4.37. The lowest BCUT2D eigenvalue weighted by Gasteiger charge is -1.99. The van der Waals surface area contributed by atoms with Crippen LogP contribution in [0.5, 0.6) is 0 Å². The molecule has 0 aliphatic carbocycles. The summed E-state index contributed by atoms with van der Waals surface area (Å²) in [7, 11) is 0. The normalized spacial score (nSPS) is 10.9. The van der Waals surface area contributed by atoms with Gasteiger partial charge in [-0.25, -0.2) is 0 Å². The lowest BCUT2D eigenvalue weighted by molar-refractivity contribution is 0.670. The summed E-state index contributed by atoms with van der Waals surface area (Å²) in [6, 6.07) is 19.9. The van der Waals surface area contributed by atoms with Crippen LogP contribution in [-0.2, 0) is 19.3 Å². The quantitative estimate of drug-likeness (QED) is 0.129. The summed E-state index contributed by atoms with van der Waals surface area (Å²) in [6.45, 7) is 2.27. The summed E-state index contributed by atoms with van der Waals surface area (Å²) < 4.78 is 2.44. The Morgan fingerprint density at radius 2 is 1.29 bits per heavy atom. The third-order valence-corrected chi connectivity index (χ3v) is 12.0. The third kappa shape index (κ3) is 8.49. The number of hydrogen-bond acceptors (Lipinski definition) is 5. The van der Waals surface area contributed by atoms with Gasteiger partial charge in [-0.1, -0.05) is 32.3 Å². The average Bonchev–Trinajstić information content (AvgIpc) is 3.66. The number of unbranched alkanes of at least 4 members (excludes halogenated alkanes) is 3. The van der Waals surface area contributed by atoms with Crippen LogP contribution in [0.1, 0.15) is 47.2 Å². The van der Waals surface area contributed by atoms with Crippen LogP contribution in [-0.4, -0.2) is 0 Å². The highest BCUT2D eigenvalue weighted by Gasteiger charge is 2.12. The summed E-state index contributed by atoms with van der Waals surface area (Å²) >= 11 is 16.3. The summed E-state index contributed by atoms with van der Waals surface area (Å²) in [5.74, 6) is 0. The Hall–Kier alpha value is -0.540. The van der Waals surface area contributed by atoms with Gasteiger partial charge in [0.05, 0.1) is 12.4 Å². The molecule has 0 aliphatic rings. The van der Waals surface area contributed by atoms with Crippen molar-refractivity contribution >= 4 is 88.5 Å². The summed E-state index contributed by atoms with van der Waals surface area (Å²) in [5.41, 5.74) is 1.40. The van der Waals surface area contributed by atoms with Crippen molar-refractivity contribution in [2.45, 2.75) is 51.9 Å². The van der Waals surface area contributed by atoms with Gasteiger partial charge in [0.15, 0.2) is 0 Å². The molecule has 0 N–H and O–H groups in total. The van der Waals surface area contributed by atoms with Crippen molar-refractivity contribution < 1.29 is 0 Å². The van der Waals surface area contributed by atoms with E-state index >= 15 is 0 Å². The molecule has 0 unspecified atom stereocenters. The summed E-state index contributed by atoms with van der Waals surface area (Å²) in [6.07, 6.45) is 8.90. The van der Waals surface area contributed by atoms with Crippen molar-refractivity contribution in [1.82, 2.24) is 0 Å². The minimum atomic E-state index is 1.14. The van der Waals surface area contributed by atoms with Crippen LogP contribution in [0.15, 0.2) is 72.9 Å². The molecule has 5 heterocycles. The smallest absolute Gasteiger partial charge is 0.0701 e. The highest BCUT2D eigenvalue weighted by Crippen LogP contribution is 2.41. The first-order valence-corrected chi connectivity index (χ1v) is 17.6. The van der Waals surface area contributed by atoms with Gasteiger partial charge >= 0.3 is 0 Å². The number of hydrogen-bond donors (Lipinski definition) is 0. The first kappa shape index (κ1) is 27.5. The van der Waals surface area contributed by atoms with Gasteiger partial charge in [0.25, 0.3) is 0 Å². The molecular formula is C28H28Br2S5. The Labute approximate surface area is 246 Å². The largest absolute Gasteiger partial charge is 0.144 e. The Bertz CT molecular complexity index is 1230. The maximum absolute atomic E-state index is 3.48. The number of thiophene rings is 5. The molecule has 0 bridgehead atoms. The van der Waals surface area contributed by atoms with E-state index in [1.807, 2.05) is 56.7 Å². The van der Waals surface area contributed by atoms with E-state index in [4.69, 9.17) is 0 Å². The van der Waals surface area contributed by atoms with Crippen LogP contribution in [0, 0.1) is 0 Å². The van der Waals surface area contributed by atoms with E-state index in [1.54, 1.807) is 0 Å². The molecule has 5 rings (SSSR count). The van der Waals surface area contributed by atoms with Gasteiger partial charge in [0, 0.05) is 29.9 Å². The van der Waals surface area contributed by atoms with Crippen LogP contribution < -0.4 is 0 Å². The van der Waals surface area contributed by atoms with Crippen molar-refractivity contribution in [2.75, 3.05) is 0 Å². The van der Waals surface area contributed by atoms with E-state index in [0.717, 1.165) is 12.8 Å². The van der Waals surface area contributed by atoms with Crippen LogP contribution in [0.25, 0.3) is 20.2 Å². The fourth-order valence-electron chi connectivity index (χ4n) is 3.70. The molecule has 0 aromatic carbocycles. The minimum Gasteiger partial charge on any atom is -0.144 e. The number of rotatable bonds is 10. The first-order valence-electron chi connectivity index (χ1n) is 11.8. The topological polar surface area (TPSA) is 0 Å². The van der Waals surface area contributed by atoms with Crippen LogP contribution in [0.4, 0.5) is 0 Å². The molecule has 0 radical (unpaired) electrons. The SMILES string of the molecule is Brc1ccc(CCc2ccc(Br)s2)s1.CCCCCCc1ccc(-c2sccc2-c2cccs2)s1. The van der Waals surface area contributed by atoms with E-state index in [0.29, 0.717) is 0 Å². The molecule has 0 spiro atoms. The molecule has 0 nitrogen and oxygen atoms in total. The molecule has 0 fully saturated rings. The Morgan fingerprint density at radius 3 is 1.89 bits per heavy atom. The van der Waals surface area contributed by atoms with Crippen molar-refractivity contribution in [3.8, 4) is 20.2 Å². The van der Waals surface area contributed by atoms with Crippen LogP contribution in [0.2, 0.25) is 0 Å². The molecule has 0 aliphatic heterocycles. The Balaban J connectivity index is 0.000000179. The lowest BCUT2D eigenvalue weighted by atomic mass is 10.1. The first-order chi connectivity index (χ1) is 17.1. The fraction of sp³-hybridized carbons (Fsp3) is 0.286. The van der Waals surface area contributed by atoms with Crippen molar-refractivity contribution in [3.05, 3.63) is 87.6 Å². The van der Waals surface area contributed by atoms with Crippen molar-refractivity contribution in [2.24, 2.45) is 0 Å². The van der Waals surface area contributed by atoms with E-state index in [2.05, 4.69) is 104 Å². The van der Waals surface area contributed by atoms with E-state index in [9.17, 15) is 0 Å². The molecule has 35 heavy (non-hydrogen) atoms. The molecule has 184 valence electrons. The standard InChI is InChI=1S/C18H20S3.C10H8Br2S2/c1-2-3-4-5-7-14-9-10-17(21-14)18-15(11-13-20-18)16-8-6-12-19-16;11-9-5-3-7(13-9)1-2-8-4-6-10(12)14-8/h6,8-13H,2-5,7H2,1H3;3-6H,1-2H2. The molecule has 0 atom stereocenters. The zero-order valence-electron chi connectivity index (χ0n) is 19.6. The second kappa shape index (κ2) is 14.4. The number of aryl methyl sites for hydroxylation is 3. The summed E-state index contributed by atoms with van der Waals surface area (Å²) in [4.78, 5) is 8.67. The van der Waals surface area contributed by atoms with Gasteiger partial charge in [0.1, 0.15) is 0 Å². The van der Waals surface area contributed by atoms with Gasteiger partial charge in [-0.2, -0.15) is 0 Å². The predicted molar refractivity (Wildman–Crippen MR) is 170 cm³/mol. The zero-order chi connectivity index (χ0) is 24.5. The average molecular weight is 685 g/mol. The third-order valence-electron chi connectivity index (χ3n) is 5.49. The van der Waals surface area contributed by atoms with Gasteiger partial charge in [-0.05, 0) is 117 Å². The lowest BCUT2D eigenvalue weighted by Crippen LogP contribution is -1.83. The van der Waals surface area contributed by atoms with Gasteiger partial charge < -0.3 is 0 Å². The zero-order valence-corrected chi connectivity index (χ0v) is 26.9. The Kier molecular flexibility index (Phi) is 11.3. The van der Waals surface area contributed by atoms with Gasteiger partial charge in [0.2, 0.25) is 0 Å². The predicted octanol–water partition coefficient (Wildman–Crippen LogP) is 12.4. The van der Waals surface area contributed by atoms with Crippen LogP contribution in [0.3, 0.4) is 0 Å². The molecule has 0 amide bonds. The maximum atomic E-state index is 3.48. The van der Waals surface area contributed by atoms with Gasteiger partial charge in [-0.3, -0.25) is 0 Å². The van der Waals surface area contributed by atoms with E-state index < -0.39 is 0 Å². The van der Waals surface area contributed by atoms with Crippen molar-refractivity contribution in [1.29, 1.82) is 0 Å². The molecule has 0 saturated carbocycles. The molecule has 0 saturated heterocycles. The van der Waals surface area contributed by atoms with E-state index in [1.165, 1.54) is 74.5 Å². The van der Waals surface area contributed by atoms with E-state index in [-0.39, 0.29) is 0 Å². The van der Waals surface area contributed by atoms with Crippen molar-refractivity contribution in [3.63, 3.8) is 0 Å². The monoisotopic (exact) mass is 682 g/mol. The highest BCUT2D eigenvalue weighted by atomic mass is 79.9. The molecule has 5 aromatic heterocycles. The Morgan fingerprint density at radius 1 is 0.600 bits per heavy atom. The molecule has 5 aromatic rings. The molecule has 7 heteroatoms. The molecular weight excluding hydrogens is 656 g/mol. The van der Waals surface area contributed by atoms with Gasteiger partial charge in [-0.15, -0.1) is 56.7 Å². The highest BCUT2D eigenvalue weighted by molar-refractivity contribution is 9.11. The second-order valence-corrected chi connectivity index (χ2v) is 16.3. The van der Waals surface area contributed by atoms with Crippen LogP contribution >= 0.6 is 88.5 Å². The fourth-order valence-corrected chi connectivity index (χ4v) is 9.60. The number of halogens is 2. The maximum Gasteiger partial charge on any atom is 0.0701 e. The second-order valence-electron chi connectivity index (χ2n) is 8.13. The minimum absolute atomic E-state index is 1.14.